The summed E-state index contributed by atoms with van der Waals surface area (Å²) < 4.78 is 10.6. The molecule has 4 nitrogen and oxygen atoms in total. The average molecular weight is 258 g/mol. The van der Waals surface area contributed by atoms with Crippen LogP contribution in [0.4, 0.5) is 0 Å². The highest BCUT2D eigenvalue weighted by atomic mass is 16.5. The summed E-state index contributed by atoms with van der Waals surface area (Å²) in [5, 5.41) is 0. The zero-order valence-electron chi connectivity index (χ0n) is 11.4. The van der Waals surface area contributed by atoms with Crippen LogP contribution in [0.5, 0.6) is 11.5 Å². The summed E-state index contributed by atoms with van der Waals surface area (Å²) in [6, 6.07) is 9.61. The van der Waals surface area contributed by atoms with E-state index in [0.29, 0.717) is 6.54 Å². The Morgan fingerprint density at radius 2 is 1.89 bits per heavy atom. The van der Waals surface area contributed by atoms with E-state index in [1.54, 1.807) is 14.2 Å². The number of aromatic nitrogens is 1. The lowest BCUT2D eigenvalue weighted by Gasteiger charge is -2.11. The molecule has 1 aromatic heterocycles. The van der Waals surface area contributed by atoms with E-state index < -0.39 is 0 Å². The number of methoxy groups -OCH3 is 2. The van der Waals surface area contributed by atoms with E-state index in [2.05, 4.69) is 4.98 Å². The van der Waals surface area contributed by atoms with Gasteiger partial charge in [0.1, 0.15) is 11.5 Å². The molecule has 0 aliphatic rings. The van der Waals surface area contributed by atoms with Crippen molar-refractivity contribution in [2.75, 3.05) is 14.2 Å². The second-order valence-electron chi connectivity index (χ2n) is 4.21. The van der Waals surface area contributed by atoms with Gasteiger partial charge in [-0.1, -0.05) is 6.07 Å². The summed E-state index contributed by atoms with van der Waals surface area (Å²) in [4.78, 5) is 4.58. The molecule has 1 aromatic carbocycles. The SMILES string of the molecule is COc1ccc(OC)c(-c2ccc(CN)c(C)n2)c1. The van der Waals surface area contributed by atoms with Crippen LogP contribution in [0.1, 0.15) is 11.3 Å². The van der Waals surface area contributed by atoms with Crippen molar-refractivity contribution in [1.29, 1.82) is 0 Å². The van der Waals surface area contributed by atoms with Crippen molar-refractivity contribution < 1.29 is 9.47 Å². The maximum Gasteiger partial charge on any atom is 0.128 e. The van der Waals surface area contributed by atoms with E-state index in [1.165, 1.54) is 0 Å². The van der Waals surface area contributed by atoms with E-state index in [0.717, 1.165) is 34.0 Å². The minimum atomic E-state index is 0.494. The number of hydrogen-bond acceptors (Lipinski definition) is 4. The molecule has 4 heteroatoms. The van der Waals surface area contributed by atoms with Crippen LogP contribution in [0.15, 0.2) is 30.3 Å². The van der Waals surface area contributed by atoms with Crippen molar-refractivity contribution in [3.05, 3.63) is 41.6 Å². The molecule has 0 bridgehead atoms. The first-order valence-corrected chi connectivity index (χ1v) is 6.08. The van der Waals surface area contributed by atoms with Crippen molar-refractivity contribution >= 4 is 0 Å². The third-order valence-electron chi connectivity index (χ3n) is 3.10. The highest BCUT2D eigenvalue weighted by Gasteiger charge is 2.10. The molecule has 2 aromatic rings. The molecular formula is C15H18N2O2. The van der Waals surface area contributed by atoms with E-state index >= 15 is 0 Å². The first kappa shape index (κ1) is 13.4. The summed E-state index contributed by atoms with van der Waals surface area (Å²) in [5.41, 5.74) is 9.40. The molecule has 1 heterocycles. The summed E-state index contributed by atoms with van der Waals surface area (Å²) in [7, 11) is 3.29. The van der Waals surface area contributed by atoms with Crippen molar-refractivity contribution in [1.82, 2.24) is 4.98 Å². The molecule has 0 amide bonds. The molecule has 0 saturated heterocycles. The van der Waals surface area contributed by atoms with Gasteiger partial charge in [-0.25, -0.2) is 0 Å². The van der Waals surface area contributed by atoms with Gasteiger partial charge in [0.15, 0.2) is 0 Å². The topological polar surface area (TPSA) is 57.4 Å². The van der Waals surface area contributed by atoms with Gasteiger partial charge in [-0.15, -0.1) is 0 Å². The number of aryl methyl sites for hydroxylation is 1. The Morgan fingerprint density at radius 1 is 1.11 bits per heavy atom. The standard InChI is InChI=1S/C15H18N2O2/c1-10-11(9-16)4-6-14(17-10)13-8-12(18-2)5-7-15(13)19-3/h4-8H,9,16H2,1-3H3. The van der Waals surface area contributed by atoms with Crippen molar-refractivity contribution in [3.8, 4) is 22.8 Å². The fraction of sp³-hybridized carbons (Fsp3) is 0.267. The number of ether oxygens (including phenoxy) is 2. The largest absolute Gasteiger partial charge is 0.497 e. The average Bonchev–Trinajstić information content (AvgIpc) is 2.46. The lowest BCUT2D eigenvalue weighted by molar-refractivity contribution is 0.404. The zero-order chi connectivity index (χ0) is 13.8. The van der Waals surface area contributed by atoms with E-state index in [4.69, 9.17) is 15.2 Å². The summed E-state index contributed by atoms with van der Waals surface area (Å²) in [6.07, 6.45) is 0. The third-order valence-corrected chi connectivity index (χ3v) is 3.10. The molecule has 0 radical (unpaired) electrons. The van der Waals surface area contributed by atoms with Crippen LogP contribution in [0.2, 0.25) is 0 Å². The van der Waals surface area contributed by atoms with E-state index in [-0.39, 0.29) is 0 Å². The van der Waals surface area contributed by atoms with Crippen LogP contribution in [-0.4, -0.2) is 19.2 Å². The predicted octanol–water partition coefficient (Wildman–Crippen LogP) is 2.53. The Hall–Kier alpha value is -2.07. The number of nitrogens with two attached hydrogens (primary N) is 1. The second-order valence-corrected chi connectivity index (χ2v) is 4.21. The van der Waals surface area contributed by atoms with Gasteiger partial charge in [0.2, 0.25) is 0 Å². The molecule has 100 valence electrons. The summed E-state index contributed by atoms with van der Waals surface area (Å²) >= 11 is 0. The Bertz CT molecular complexity index is 582. The Kier molecular flexibility index (Phi) is 4.02. The normalized spacial score (nSPS) is 10.3. The van der Waals surface area contributed by atoms with Crippen molar-refractivity contribution in [2.45, 2.75) is 13.5 Å². The van der Waals surface area contributed by atoms with Gasteiger partial charge in [0.25, 0.3) is 0 Å². The van der Waals surface area contributed by atoms with Gasteiger partial charge in [-0.3, -0.25) is 4.98 Å². The fourth-order valence-electron chi connectivity index (χ4n) is 1.97. The minimum Gasteiger partial charge on any atom is -0.497 e. The molecule has 0 saturated carbocycles. The molecule has 19 heavy (non-hydrogen) atoms. The molecular weight excluding hydrogens is 240 g/mol. The van der Waals surface area contributed by atoms with E-state index in [9.17, 15) is 0 Å². The van der Waals surface area contributed by atoms with Crippen LogP contribution >= 0.6 is 0 Å². The van der Waals surface area contributed by atoms with Gasteiger partial charge in [0.05, 0.1) is 19.9 Å². The molecule has 2 N–H and O–H groups in total. The summed E-state index contributed by atoms with van der Waals surface area (Å²) in [6.45, 7) is 2.45. The Labute approximate surface area is 113 Å². The lowest BCUT2D eigenvalue weighted by atomic mass is 10.1. The highest BCUT2D eigenvalue weighted by molar-refractivity contribution is 5.69. The predicted molar refractivity (Wildman–Crippen MR) is 75.4 cm³/mol. The molecule has 0 atom stereocenters. The van der Waals surface area contributed by atoms with Crippen LogP contribution in [0.3, 0.4) is 0 Å². The van der Waals surface area contributed by atoms with E-state index in [1.807, 2.05) is 37.3 Å². The van der Waals surface area contributed by atoms with Crippen LogP contribution in [0.25, 0.3) is 11.3 Å². The first-order chi connectivity index (χ1) is 9.19. The maximum absolute atomic E-state index is 5.66. The molecule has 0 aliphatic heterocycles. The van der Waals surface area contributed by atoms with Crippen LogP contribution in [-0.2, 0) is 6.54 Å². The minimum absolute atomic E-state index is 0.494. The fourth-order valence-corrected chi connectivity index (χ4v) is 1.97. The van der Waals surface area contributed by atoms with Crippen LogP contribution < -0.4 is 15.2 Å². The van der Waals surface area contributed by atoms with Gasteiger partial charge < -0.3 is 15.2 Å². The summed E-state index contributed by atoms with van der Waals surface area (Å²) in [5.74, 6) is 1.55. The van der Waals surface area contributed by atoms with Gasteiger partial charge in [-0.05, 0) is 36.8 Å². The Morgan fingerprint density at radius 3 is 2.47 bits per heavy atom. The molecule has 0 fully saturated rings. The first-order valence-electron chi connectivity index (χ1n) is 6.08. The Balaban J connectivity index is 2.53. The van der Waals surface area contributed by atoms with Crippen LogP contribution in [0, 0.1) is 6.92 Å². The number of hydrogen-bond donors (Lipinski definition) is 1. The number of pyridine rings is 1. The highest BCUT2D eigenvalue weighted by Crippen LogP contribution is 2.32. The lowest BCUT2D eigenvalue weighted by Crippen LogP contribution is -2.01. The molecule has 0 spiro atoms. The van der Waals surface area contributed by atoms with Crippen molar-refractivity contribution in [2.24, 2.45) is 5.73 Å². The number of benzene rings is 1. The van der Waals surface area contributed by atoms with Gasteiger partial charge in [-0.2, -0.15) is 0 Å². The number of nitrogens with zero attached hydrogens (tertiary/aromatic N) is 1. The zero-order valence-corrected chi connectivity index (χ0v) is 11.4. The second kappa shape index (κ2) is 5.71. The molecule has 0 unspecified atom stereocenters. The monoisotopic (exact) mass is 258 g/mol. The smallest absolute Gasteiger partial charge is 0.128 e. The van der Waals surface area contributed by atoms with Gasteiger partial charge in [0, 0.05) is 17.8 Å². The maximum atomic E-state index is 5.66. The number of rotatable bonds is 4. The van der Waals surface area contributed by atoms with Gasteiger partial charge >= 0.3 is 0 Å². The van der Waals surface area contributed by atoms with Crippen molar-refractivity contribution in [3.63, 3.8) is 0 Å². The third kappa shape index (κ3) is 2.69. The molecule has 0 aliphatic carbocycles. The molecule has 2 rings (SSSR count). The quantitative estimate of drug-likeness (QED) is 0.915.